The molecule has 8 heteroatoms. The molecule has 2 N–H and O–H groups in total. The minimum Gasteiger partial charge on any atom is -0.398 e. The Labute approximate surface area is 116 Å². The first-order valence-electron chi connectivity index (χ1n) is 5.61. The summed E-state index contributed by atoms with van der Waals surface area (Å²) >= 11 is 5.75. The summed E-state index contributed by atoms with van der Waals surface area (Å²) < 4.78 is 25.9. The molecule has 0 unspecified atom stereocenters. The lowest BCUT2D eigenvalue weighted by molar-refractivity contribution is -0.132. The van der Waals surface area contributed by atoms with Gasteiger partial charge in [0, 0.05) is 25.2 Å². The van der Waals surface area contributed by atoms with Gasteiger partial charge in [0.25, 0.3) is 0 Å². The van der Waals surface area contributed by atoms with Crippen LogP contribution in [0.4, 0.5) is 5.69 Å². The number of rotatable bonds is 2. The van der Waals surface area contributed by atoms with E-state index in [1.54, 1.807) is 7.05 Å². The molecule has 0 bridgehead atoms. The van der Waals surface area contributed by atoms with E-state index in [1.807, 2.05) is 0 Å². The highest BCUT2D eigenvalue weighted by molar-refractivity contribution is 7.89. The van der Waals surface area contributed by atoms with E-state index in [4.69, 9.17) is 17.3 Å². The number of hydrogen-bond donors (Lipinski definition) is 1. The number of sulfonamides is 1. The number of nitrogen functional groups attached to an aromatic ring is 1. The van der Waals surface area contributed by atoms with Gasteiger partial charge in [-0.15, -0.1) is 0 Å². The molecule has 0 aromatic heterocycles. The molecule has 0 saturated carbocycles. The van der Waals surface area contributed by atoms with Crippen molar-refractivity contribution in [3.63, 3.8) is 0 Å². The molecule has 6 nitrogen and oxygen atoms in total. The van der Waals surface area contributed by atoms with Crippen LogP contribution in [0.15, 0.2) is 23.1 Å². The van der Waals surface area contributed by atoms with Crippen molar-refractivity contribution < 1.29 is 13.2 Å². The molecule has 0 radical (unpaired) electrons. The van der Waals surface area contributed by atoms with Crippen LogP contribution in [0.1, 0.15) is 0 Å². The topological polar surface area (TPSA) is 83.7 Å². The van der Waals surface area contributed by atoms with Crippen LogP contribution in [-0.2, 0) is 14.8 Å². The summed E-state index contributed by atoms with van der Waals surface area (Å²) in [5.41, 5.74) is 5.77. The highest BCUT2D eigenvalue weighted by atomic mass is 35.5. The van der Waals surface area contributed by atoms with E-state index in [1.165, 1.54) is 23.1 Å². The number of benzene rings is 1. The zero-order valence-corrected chi connectivity index (χ0v) is 11.9. The largest absolute Gasteiger partial charge is 0.398 e. The second kappa shape index (κ2) is 4.99. The number of piperazine rings is 1. The molecule has 104 valence electrons. The Bertz CT molecular complexity index is 618. The van der Waals surface area contributed by atoms with E-state index in [0.717, 1.165) is 4.31 Å². The van der Waals surface area contributed by atoms with E-state index >= 15 is 0 Å². The first-order chi connectivity index (χ1) is 8.82. The monoisotopic (exact) mass is 303 g/mol. The highest BCUT2D eigenvalue weighted by Crippen LogP contribution is 2.26. The minimum atomic E-state index is -3.76. The summed E-state index contributed by atoms with van der Waals surface area (Å²) in [6, 6.07) is 4.20. The summed E-state index contributed by atoms with van der Waals surface area (Å²) in [5.74, 6) is -0.234. The molecule has 2 rings (SSSR count). The molecule has 0 atom stereocenters. The highest BCUT2D eigenvalue weighted by Gasteiger charge is 2.32. The molecular weight excluding hydrogens is 290 g/mol. The normalized spacial score (nSPS) is 17.8. The van der Waals surface area contributed by atoms with Crippen LogP contribution in [-0.4, -0.2) is 50.2 Å². The van der Waals surface area contributed by atoms with E-state index in [2.05, 4.69) is 0 Å². The lowest BCUT2D eigenvalue weighted by atomic mass is 10.3. The van der Waals surface area contributed by atoms with Crippen molar-refractivity contribution in [3.05, 3.63) is 23.2 Å². The second-order valence-corrected chi connectivity index (χ2v) is 6.68. The summed E-state index contributed by atoms with van der Waals surface area (Å²) in [6.07, 6.45) is 0. The van der Waals surface area contributed by atoms with Crippen molar-refractivity contribution in [2.75, 3.05) is 32.4 Å². The van der Waals surface area contributed by atoms with Gasteiger partial charge in [-0.05, 0) is 18.2 Å². The van der Waals surface area contributed by atoms with Crippen LogP contribution >= 0.6 is 11.6 Å². The number of likely N-dealkylation sites (N-methyl/N-ethyl adjacent to an activating group) is 1. The molecule has 0 spiro atoms. The molecule has 1 aromatic rings. The Morgan fingerprint density at radius 2 is 2.00 bits per heavy atom. The molecule has 1 aliphatic rings. The maximum Gasteiger partial charge on any atom is 0.245 e. The molecule has 1 fully saturated rings. The first kappa shape index (κ1) is 14.1. The Morgan fingerprint density at radius 1 is 1.32 bits per heavy atom. The molecule has 0 aliphatic carbocycles. The van der Waals surface area contributed by atoms with E-state index in [9.17, 15) is 13.2 Å². The van der Waals surface area contributed by atoms with Gasteiger partial charge in [0.1, 0.15) is 4.90 Å². The Hall–Kier alpha value is -1.31. The number of anilines is 1. The number of hydrogen-bond acceptors (Lipinski definition) is 4. The molecule has 1 heterocycles. The van der Waals surface area contributed by atoms with Crippen LogP contribution in [0.25, 0.3) is 0 Å². The van der Waals surface area contributed by atoms with Crippen LogP contribution < -0.4 is 5.73 Å². The fourth-order valence-electron chi connectivity index (χ4n) is 1.84. The van der Waals surface area contributed by atoms with Crippen LogP contribution in [0, 0.1) is 0 Å². The number of carbonyl (C=O) groups excluding carboxylic acids is 1. The van der Waals surface area contributed by atoms with E-state index < -0.39 is 10.0 Å². The predicted octanol–water partition coefficient (Wildman–Crippen LogP) is 0.385. The van der Waals surface area contributed by atoms with Crippen molar-refractivity contribution in [2.45, 2.75) is 4.90 Å². The molecule has 1 aliphatic heterocycles. The van der Waals surface area contributed by atoms with Crippen molar-refractivity contribution in [1.29, 1.82) is 0 Å². The first-order valence-corrected chi connectivity index (χ1v) is 7.43. The van der Waals surface area contributed by atoms with Crippen molar-refractivity contribution >= 4 is 33.2 Å². The number of nitrogens with two attached hydrogens (primary N) is 1. The molecule has 1 saturated heterocycles. The maximum atomic E-state index is 12.4. The maximum absolute atomic E-state index is 12.4. The van der Waals surface area contributed by atoms with Gasteiger partial charge in [0.15, 0.2) is 0 Å². The summed E-state index contributed by atoms with van der Waals surface area (Å²) in [4.78, 5) is 13.1. The number of amides is 1. The Balaban J connectivity index is 2.35. The summed E-state index contributed by atoms with van der Waals surface area (Å²) in [7, 11) is -2.12. The fourth-order valence-corrected chi connectivity index (χ4v) is 3.49. The third-order valence-corrected chi connectivity index (χ3v) is 5.17. The van der Waals surface area contributed by atoms with Crippen molar-refractivity contribution in [2.24, 2.45) is 0 Å². The van der Waals surface area contributed by atoms with Gasteiger partial charge in [-0.3, -0.25) is 4.79 Å². The van der Waals surface area contributed by atoms with Crippen LogP contribution in [0.3, 0.4) is 0 Å². The quantitative estimate of drug-likeness (QED) is 0.801. The van der Waals surface area contributed by atoms with Gasteiger partial charge in [-0.1, -0.05) is 11.6 Å². The molecule has 1 aromatic carbocycles. The van der Waals surface area contributed by atoms with Gasteiger partial charge >= 0.3 is 0 Å². The van der Waals surface area contributed by atoms with E-state index in [0.29, 0.717) is 11.6 Å². The van der Waals surface area contributed by atoms with E-state index in [-0.39, 0.29) is 29.6 Å². The van der Waals surface area contributed by atoms with Crippen molar-refractivity contribution in [1.82, 2.24) is 9.21 Å². The average Bonchev–Trinajstić information content (AvgIpc) is 2.32. The van der Waals surface area contributed by atoms with Gasteiger partial charge in [-0.25, -0.2) is 8.42 Å². The lowest BCUT2D eigenvalue weighted by Gasteiger charge is -2.31. The summed E-state index contributed by atoms with van der Waals surface area (Å²) in [5, 5.41) is 0.367. The fraction of sp³-hybridized carbons (Fsp3) is 0.364. The zero-order valence-electron chi connectivity index (χ0n) is 10.3. The van der Waals surface area contributed by atoms with Gasteiger partial charge in [0.05, 0.1) is 12.2 Å². The Morgan fingerprint density at radius 3 is 2.58 bits per heavy atom. The zero-order chi connectivity index (χ0) is 14.2. The average molecular weight is 304 g/mol. The molecular formula is C11H14ClN3O3S. The minimum absolute atomic E-state index is 0.0192. The number of halogens is 1. The number of carbonyl (C=O) groups is 1. The lowest BCUT2D eigenvalue weighted by Crippen LogP contribution is -2.50. The van der Waals surface area contributed by atoms with Gasteiger partial charge in [-0.2, -0.15) is 4.31 Å². The molecule has 19 heavy (non-hydrogen) atoms. The third-order valence-electron chi connectivity index (χ3n) is 3.01. The standard InChI is InChI=1S/C11H14ClN3O3S/c1-14-4-5-15(7-11(14)16)19(17,18)10-3-2-8(12)6-9(10)13/h2-3,6H,4-5,7,13H2,1H3. The Kier molecular flexibility index (Phi) is 3.71. The van der Waals surface area contributed by atoms with Crippen LogP contribution in [0.5, 0.6) is 0 Å². The van der Waals surface area contributed by atoms with Crippen molar-refractivity contribution in [3.8, 4) is 0 Å². The SMILES string of the molecule is CN1CCN(S(=O)(=O)c2ccc(Cl)cc2N)CC1=O. The second-order valence-electron chi connectivity index (χ2n) is 4.34. The smallest absolute Gasteiger partial charge is 0.245 e. The third kappa shape index (κ3) is 2.68. The predicted molar refractivity (Wildman–Crippen MR) is 72.3 cm³/mol. The number of nitrogens with zero attached hydrogens (tertiary/aromatic N) is 2. The van der Waals surface area contributed by atoms with Gasteiger partial charge < -0.3 is 10.6 Å². The molecule has 1 amide bonds. The van der Waals surface area contributed by atoms with Gasteiger partial charge in [0.2, 0.25) is 15.9 Å². The van der Waals surface area contributed by atoms with Crippen LogP contribution in [0.2, 0.25) is 5.02 Å². The summed E-state index contributed by atoms with van der Waals surface area (Å²) in [6.45, 7) is 0.457.